The molecule has 2 N–H and O–H groups in total. The van der Waals surface area contributed by atoms with E-state index in [1.54, 1.807) is 6.07 Å². The second-order valence-corrected chi connectivity index (χ2v) is 5.13. The highest BCUT2D eigenvalue weighted by Crippen LogP contribution is 2.34. The molecule has 2 aromatic rings. The number of nitrogens with two attached hydrogens (primary N) is 1. The van der Waals surface area contributed by atoms with Crippen LogP contribution in [-0.2, 0) is 6.42 Å². The third kappa shape index (κ3) is 2.27. The molecule has 0 saturated heterocycles. The molecule has 1 aromatic heterocycles. The Morgan fingerprint density at radius 3 is 2.90 bits per heavy atom. The van der Waals surface area contributed by atoms with E-state index < -0.39 is 0 Å². The fourth-order valence-corrected chi connectivity index (χ4v) is 2.61. The van der Waals surface area contributed by atoms with E-state index in [-0.39, 0.29) is 11.9 Å². The van der Waals surface area contributed by atoms with E-state index in [1.807, 2.05) is 31.3 Å². The van der Waals surface area contributed by atoms with Gasteiger partial charge in [-0.05, 0) is 42.7 Å². The lowest BCUT2D eigenvalue weighted by Crippen LogP contribution is -2.15. The average molecular weight is 271 g/mol. The maximum absolute atomic E-state index is 13.4. The van der Waals surface area contributed by atoms with Crippen LogP contribution in [-0.4, -0.2) is 11.5 Å². The first kappa shape index (κ1) is 13.1. The van der Waals surface area contributed by atoms with Crippen molar-refractivity contribution in [3.8, 4) is 0 Å². The molecule has 2 heterocycles. The molecule has 4 heteroatoms. The van der Waals surface area contributed by atoms with E-state index in [0.717, 1.165) is 36.5 Å². The molecule has 3 rings (SSSR count). The lowest BCUT2D eigenvalue weighted by Gasteiger charge is -2.20. The molecule has 0 fully saturated rings. The fraction of sp³-hybridized carbons (Fsp3) is 0.312. The summed E-state index contributed by atoms with van der Waals surface area (Å²) in [6.45, 7) is 2.90. The Balaban J connectivity index is 1.90. The molecule has 1 aromatic carbocycles. The van der Waals surface area contributed by atoms with Crippen LogP contribution >= 0.6 is 0 Å². The van der Waals surface area contributed by atoms with Crippen molar-refractivity contribution in [1.82, 2.24) is 4.98 Å². The van der Waals surface area contributed by atoms with Crippen LogP contribution in [0, 0.1) is 5.82 Å². The Bertz CT molecular complexity index is 610. The van der Waals surface area contributed by atoms with Crippen molar-refractivity contribution in [2.75, 3.05) is 11.4 Å². The number of fused-ring (bicyclic) bond motifs is 1. The van der Waals surface area contributed by atoms with Crippen LogP contribution in [0.15, 0.2) is 36.5 Å². The summed E-state index contributed by atoms with van der Waals surface area (Å²) in [4.78, 5) is 6.53. The van der Waals surface area contributed by atoms with Gasteiger partial charge in [-0.25, -0.2) is 4.39 Å². The van der Waals surface area contributed by atoms with Gasteiger partial charge in [-0.2, -0.15) is 0 Å². The van der Waals surface area contributed by atoms with Crippen LogP contribution in [0.2, 0.25) is 0 Å². The molecule has 1 atom stereocenters. The summed E-state index contributed by atoms with van der Waals surface area (Å²) in [5.41, 5.74) is 9.98. The number of aromatic nitrogens is 1. The van der Waals surface area contributed by atoms with Crippen LogP contribution in [0.1, 0.15) is 30.6 Å². The smallest absolute Gasteiger partial charge is 0.125 e. The first-order chi connectivity index (χ1) is 9.69. The fourth-order valence-electron chi connectivity index (χ4n) is 2.61. The number of nitrogens with zero attached hydrogens (tertiary/aromatic N) is 2. The number of halogens is 1. The Kier molecular flexibility index (Phi) is 3.40. The van der Waals surface area contributed by atoms with Crippen molar-refractivity contribution < 1.29 is 4.39 Å². The second-order valence-electron chi connectivity index (χ2n) is 5.13. The van der Waals surface area contributed by atoms with Gasteiger partial charge in [0.2, 0.25) is 0 Å². The molecule has 20 heavy (non-hydrogen) atoms. The Labute approximate surface area is 118 Å². The Hall–Kier alpha value is -1.94. The first-order valence-electron chi connectivity index (χ1n) is 6.96. The zero-order chi connectivity index (χ0) is 14.1. The zero-order valence-electron chi connectivity index (χ0n) is 11.5. The van der Waals surface area contributed by atoms with Crippen molar-refractivity contribution in [1.29, 1.82) is 0 Å². The topological polar surface area (TPSA) is 42.1 Å². The highest BCUT2D eigenvalue weighted by atomic mass is 19.1. The van der Waals surface area contributed by atoms with Gasteiger partial charge in [0.15, 0.2) is 0 Å². The predicted octanol–water partition coefficient (Wildman–Crippen LogP) is 3.32. The number of benzene rings is 1. The number of rotatable bonds is 3. The summed E-state index contributed by atoms with van der Waals surface area (Å²) in [6.07, 6.45) is 3.63. The van der Waals surface area contributed by atoms with Crippen molar-refractivity contribution >= 4 is 11.4 Å². The molecule has 0 amide bonds. The Morgan fingerprint density at radius 1 is 1.35 bits per heavy atom. The van der Waals surface area contributed by atoms with E-state index >= 15 is 0 Å². The van der Waals surface area contributed by atoms with E-state index in [2.05, 4.69) is 9.88 Å². The molecule has 0 bridgehead atoms. The summed E-state index contributed by atoms with van der Waals surface area (Å²) in [7, 11) is 0. The highest BCUT2D eigenvalue weighted by Gasteiger charge is 2.21. The molecule has 1 aliphatic rings. The van der Waals surface area contributed by atoms with Gasteiger partial charge >= 0.3 is 0 Å². The lowest BCUT2D eigenvalue weighted by molar-refractivity contribution is 0.628. The van der Waals surface area contributed by atoms with Gasteiger partial charge in [0.05, 0.1) is 17.6 Å². The summed E-state index contributed by atoms with van der Waals surface area (Å²) in [5.74, 6) is -0.201. The van der Waals surface area contributed by atoms with Gasteiger partial charge in [-0.15, -0.1) is 0 Å². The van der Waals surface area contributed by atoms with Crippen LogP contribution < -0.4 is 10.6 Å². The molecule has 0 radical (unpaired) electrons. The second kappa shape index (κ2) is 5.21. The lowest BCUT2D eigenvalue weighted by atomic mass is 10.1. The Morgan fingerprint density at radius 2 is 2.20 bits per heavy atom. The van der Waals surface area contributed by atoms with Crippen molar-refractivity contribution in [3.63, 3.8) is 0 Å². The molecular weight excluding hydrogens is 253 g/mol. The van der Waals surface area contributed by atoms with Gasteiger partial charge in [0.25, 0.3) is 0 Å². The van der Waals surface area contributed by atoms with Gasteiger partial charge in [-0.1, -0.05) is 13.0 Å². The average Bonchev–Trinajstić information content (AvgIpc) is 2.89. The maximum atomic E-state index is 13.4. The molecule has 0 saturated carbocycles. The molecule has 104 valence electrons. The number of pyridine rings is 1. The molecule has 0 aliphatic carbocycles. The van der Waals surface area contributed by atoms with E-state index in [9.17, 15) is 4.39 Å². The summed E-state index contributed by atoms with van der Waals surface area (Å²) in [5, 5.41) is 0. The molecule has 0 spiro atoms. The quantitative estimate of drug-likeness (QED) is 0.931. The number of hydrogen-bond acceptors (Lipinski definition) is 3. The number of hydrogen-bond donors (Lipinski definition) is 1. The standard InChI is InChI=1S/C16H18FN3/c1-2-14(18)15-6-5-13(10-19-15)20-8-7-11-3-4-12(17)9-16(11)20/h3-6,9-10,14H,2,7-8,18H2,1H3/t14-/m0/s1. The molecule has 1 aliphatic heterocycles. The van der Waals surface area contributed by atoms with E-state index in [0.29, 0.717) is 0 Å². The predicted molar refractivity (Wildman–Crippen MR) is 78.6 cm³/mol. The zero-order valence-corrected chi connectivity index (χ0v) is 11.5. The summed E-state index contributed by atoms with van der Waals surface area (Å²) in [6, 6.07) is 8.92. The van der Waals surface area contributed by atoms with Crippen LogP contribution in [0.4, 0.5) is 15.8 Å². The maximum Gasteiger partial charge on any atom is 0.125 e. The number of anilines is 2. The molecule has 0 unspecified atom stereocenters. The monoisotopic (exact) mass is 271 g/mol. The molecule has 3 nitrogen and oxygen atoms in total. The van der Waals surface area contributed by atoms with Crippen molar-refractivity contribution in [3.05, 3.63) is 53.6 Å². The first-order valence-corrected chi connectivity index (χ1v) is 6.96. The van der Waals surface area contributed by atoms with Gasteiger partial charge in [0.1, 0.15) is 5.82 Å². The van der Waals surface area contributed by atoms with Crippen LogP contribution in [0.25, 0.3) is 0 Å². The van der Waals surface area contributed by atoms with Gasteiger partial charge in [0, 0.05) is 18.3 Å². The summed E-state index contributed by atoms with van der Waals surface area (Å²) < 4.78 is 13.4. The van der Waals surface area contributed by atoms with Gasteiger partial charge in [-0.3, -0.25) is 4.98 Å². The van der Waals surface area contributed by atoms with E-state index in [1.165, 1.54) is 11.6 Å². The van der Waals surface area contributed by atoms with Crippen LogP contribution in [0.3, 0.4) is 0 Å². The third-order valence-electron chi connectivity index (χ3n) is 3.85. The minimum absolute atomic E-state index is 0.0210. The third-order valence-corrected chi connectivity index (χ3v) is 3.85. The van der Waals surface area contributed by atoms with Gasteiger partial charge < -0.3 is 10.6 Å². The highest BCUT2D eigenvalue weighted by molar-refractivity contribution is 5.69. The summed E-state index contributed by atoms with van der Waals surface area (Å²) >= 11 is 0. The van der Waals surface area contributed by atoms with Crippen molar-refractivity contribution in [2.24, 2.45) is 5.73 Å². The minimum atomic E-state index is -0.201. The molecular formula is C16H18FN3. The largest absolute Gasteiger partial charge is 0.340 e. The normalized spacial score (nSPS) is 15.2. The van der Waals surface area contributed by atoms with Crippen LogP contribution in [0.5, 0.6) is 0 Å². The SMILES string of the molecule is CC[C@H](N)c1ccc(N2CCc3ccc(F)cc32)cn1. The van der Waals surface area contributed by atoms with Crippen molar-refractivity contribution in [2.45, 2.75) is 25.8 Å². The van der Waals surface area contributed by atoms with E-state index in [4.69, 9.17) is 5.73 Å². The minimum Gasteiger partial charge on any atom is -0.340 e.